The zero-order valence-electron chi connectivity index (χ0n) is 24.6. The van der Waals surface area contributed by atoms with E-state index in [-0.39, 0.29) is 17.7 Å². The summed E-state index contributed by atoms with van der Waals surface area (Å²) >= 11 is 7.41. The van der Waals surface area contributed by atoms with Crippen LogP contribution in [0.15, 0.2) is 105 Å². The average Bonchev–Trinajstić information content (AvgIpc) is 3.64. The molecule has 0 radical (unpaired) electrons. The predicted octanol–water partition coefficient (Wildman–Crippen LogP) is 5.94. The Kier molecular flexibility index (Phi) is 8.38. The molecule has 0 unspecified atom stereocenters. The van der Waals surface area contributed by atoms with Crippen molar-refractivity contribution < 1.29 is 23.5 Å². The van der Waals surface area contributed by atoms with Gasteiger partial charge in [0.2, 0.25) is 0 Å². The van der Waals surface area contributed by atoms with E-state index in [0.29, 0.717) is 42.7 Å². The average molecular weight is 639 g/mol. The highest BCUT2D eigenvalue weighted by Gasteiger charge is 2.35. The van der Waals surface area contributed by atoms with Gasteiger partial charge in [0.1, 0.15) is 11.5 Å². The molecule has 0 saturated carbocycles. The lowest BCUT2D eigenvalue weighted by Crippen LogP contribution is -2.39. The number of fused-ring (bicyclic) bond motifs is 1. The van der Waals surface area contributed by atoms with E-state index in [2.05, 4.69) is 0 Å². The fraction of sp³-hybridized carbons (Fsp3) is 0.143. The molecule has 6 rings (SSSR count). The Morgan fingerprint density at radius 1 is 1.02 bits per heavy atom. The van der Waals surface area contributed by atoms with Crippen molar-refractivity contribution in [1.82, 2.24) is 4.57 Å². The first-order valence-electron chi connectivity index (χ1n) is 14.1. The number of halogens is 1. The smallest absolute Gasteiger partial charge is 0.338 e. The van der Waals surface area contributed by atoms with Crippen LogP contribution in [0.3, 0.4) is 0 Å². The molecule has 1 atom stereocenters. The highest BCUT2D eigenvalue weighted by atomic mass is 35.5. The van der Waals surface area contributed by atoms with Gasteiger partial charge in [0.05, 0.1) is 41.1 Å². The molecule has 8 nitrogen and oxygen atoms in total. The zero-order valence-corrected chi connectivity index (χ0v) is 26.1. The van der Waals surface area contributed by atoms with Gasteiger partial charge in [-0.15, -0.1) is 0 Å². The lowest BCUT2D eigenvalue weighted by molar-refractivity contribution is -0.138. The summed E-state index contributed by atoms with van der Waals surface area (Å²) in [6.07, 6.45) is 1.67. The van der Waals surface area contributed by atoms with Gasteiger partial charge >= 0.3 is 11.9 Å². The molecule has 0 fully saturated rings. The molecule has 0 bridgehead atoms. The second-order valence-corrected chi connectivity index (χ2v) is 11.7. The van der Waals surface area contributed by atoms with Crippen molar-refractivity contribution >= 4 is 46.6 Å². The van der Waals surface area contributed by atoms with Gasteiger partial charge in [-0.1, -0.05) is 71.5 Å². The molecule has 2 aromatic heterocycles. The van der Waals surface area contributed by atoms with Crippen molar-refractivity contribution in [3.63, 3.8) is 0 Å². The molecule has 10 heteroatoms. The van der Waals surface area contributed by atoms with Gasteiger partial charge in [-0.25, -0.2) is 14.6 Å². The number of esters is 2. The Bertz CT molecular complexity index is 2140. The van der Waals surface area contributed by atoms with E-state index in [0.717, 1.165) is 16.7 Å². The first-order chi connectivity index (χ1) is 21.8. The van der Waals surface area contributed by atoms with E-state index in [9.17, 15) is 14.4 Å². The third-order valence-electron chi connectivity index (χ3n) is 7.37. The van der Waals surface area contributed by atoms with Gasteiger partial charge in [0.25, 0.3) is 5.56 Å². The van der Waals surface area contributed by atoms with Crippen molar-refractivity contribution in [3.05, 3.63) is 143 Å². The SMILES string of the molecule is CCOC(=O)C1=C(c2ccccc2)N=c2s/c(=C/c3ccc(-c4ccc(C(=O)OC)cc4C)o3)c(=O)n2[C@H]1c1ccc(Cl)cc1. The second-order valence-electron chi connectivity index (χ2n) is 10.2. The number of nitrogens with zero attached hydrogens (tertiary/aromatic N) is 2. The van der Waals surface area contributed by atoms with Crippen LogP contribution in [-0.2, 0) is 14.3 Å². The first-order valence-corrected chi connectivity index (χ1v) is 15.3. The summed E-state index contributed by atoms with van der Waals surface area (Å²) < 4.78 is 18.4. The largest absolute Gasteiger partial charge is 0.465 e. The molecule has 0 aliphatic carbocycles. The minimum absolute atomic E-state index is 0.161. The van der Waals surface area contributed by atoms with Crippen molar-refractivity contribution in [1.29, 1.82) is 0 Å². The molecule has 1 aliphatic heterocycles. The monoisotopic (exact) mass is 638 g/mol. The van der Waals surface area contributed by atoms with E-state index in [1.54, 1.807) is 61.5 Å². The van der Waals surface area contributed by atoms with E-state index in [1.807, 2.05) is 43.3 Å². The summed E-state index contributed by atoms with van der Waals surface area (Å²) in [5, 5.41) is 0.528. The standard InChI is InChI=1S/C35H27ClN2O6S/c1-4-43-34(41)29-30(21-8-6-5-7-9-21)37-35-38(31(29)22-10-13-24(36)14-11-22)32(39)28(45-35)19-25-15-17-27(44-25)26-16-12-23(18-20(26)2)33(40)42-3/h5-19,31H,4H2,1-3H3/b28-19+/t31-/m0/s1. The van der Waals surface area contributed by atoms with Gasteiger partial charge in [-0.2, -0.15) is 0 Å². The summed E-state index contributed by atoms with van der Waals surface area (Å²) in [5.74, 6) is 0.0674. The molecule has 3 aromatic carbocycles. The normalized spacial score (nSPS) is 14.6. The van der Waals surface area contributed by atoms with Gasteiger partial charge in [-0.3, -0.25) is 9.36 Å². The number of aromatic nitrogens is 1. The lowest BCUT2D eigenvalue weighted by Gasteiger charge is -2.25. The Hall–Kier alpha value is -4.99. The summed E-state index contributed by atoms with van der Waals surface area (Å²) in [7, 11) is 1.34. The second kappa shape index (κ2) is 12.6. The number of hydrogen-bond acceptors (Lipinski definition) is 8. The summed E-state index contributed by atoms with van der Waals surface area (Å²) in [6.45, 7) is 3.78. The lowest BCUT2D eigenvalue weighted by atomic mass is 9.93. The van der Waals surface area contributed by atoms with Crippen LogP contribution in [0.2, 0.25) is 5.02 Å². The third kappa shape index (κ3) is 5.80. The van der Waals surface area contributed by atoms with Crippen LogP contribution in [0.4, 0.5) is 0 Å². The Morgan fingerprint density at radius 2 is 1.78 bits per heavy atom. The maximum atomic E-state index is 14.1. The number of benzene rings is 3. The molecule has 5 aromatic rings. The van der Waals surface area contributed by atoms with Crippen molar-refractivity contribution in [2.45, 2.75) is 19.9 Å². The number of carbonyl (C=O) groups is 2. The summed E-state index contributed by atoms with van der Waals surface area (Å²) in [4.78, 5) is 44.9. The van der Waals surface area contributed by atoms with E-state index in [4.69, 9.17) is 30.5 Å². The number of hydrogen-bond donors (Lipinski definition) is 0. The van der Waals surface area contributed by atoms with Crippen molar-refractivity contribution in [2.75, 3.05) is 13.7 Å². The quantitative estimate of drug-likeness (QED) is 0.205. The number of rotatable bonds is 7. The fourth-order valence-electron chi connectivity index (χ4n) is 5.29. The Morgan fingerprint density at radius 3 is 2.47 bits per heavy atom. The molecule has 0 spiro atoms. The third-order valence-corrected chi connectivity index (χ3v) is 8.61. The maximum Gasteiger partial charge on any atom is 0.338 e. The number of thiazole rings is 1. The highest BCUT2D eigenvalue weighted by molar-refractivity contribution is 7.07. The molecular formula is C35H27ClN2O6S. The number of methoxy groups -OCH3 is 1. The van der Waals surface area contributed by atoms with Crippen LogP contribution in [0.1, 0.15) is 45.8 Å². The number of furan rings is 1. The van der Waals surface area contributed by atoms with E-state index >= 15 is 0 Å². The van der Waals surface area contributed by atoms with Gasteiger partial charge in [-0.05, 0) is 61.4 Å². The minimum Gasteiger partial charge on any atom is -0.465 e. The molecular weight excluding hydrogens is 612 g/mol. The van der Waals surface area contributed by atoms with Gasteiger partial charge in [0, 0.05) is 22.2 Å². The van der Waals surface area contributed by atoms with Gasteiger partial charge < -0.3 is 13.9 Å². The number of aryl methyl sites for hydroxylation is 1. The summed E-state index contributed by atoms with van der Waals surface area (Å²) in [5.41, 5.74) is 3.86. The molecule has 0 saturated heterocycles. The van der Waals surface area contributed by atoms with Crippen LogP contribution in [0.5, 0.6) is 0 Å². The van der Waals surface area contributed by atoms with Crippen LogP contribution >= 0.6 is 22.9 Å². The molecule has 226 valence electrons. The fourth-order valence-corrected chi connectivity index (χ4v) is 6.40. The van der Waals surface area contributed by atoms with Crippen molar-refractivity contribution in [2.24, 2.45) is 4.99 Å². The predicted molar refractivity (Wildman–Crippen MR) is 173 cm³/mol. The van der Waals surface area contributed by atoms with Gasteiger partial charge in [0.15, 0.2) is 4.80 Å². The Balaban J connectivity index is 1.51. The van der Waals surface area contributed by atoms with Crippen LogP contribution < -0.4 is 14.9 Å². The highest BCUT2D eigenvalue weighted by Crippen LogP contribution is 2.35. The van der Waals surface area contributed by atoms with Crippen molar-refractivity contribution in [3.8, 4) is 11.3 Å². The topological polar surface area (TPSA) is 100 Å². The molecule has 1 aliphatic rings. The molecule has 45 heavy (non-hydrogen) atoms. The Labute approximate surface area is 267 Å². The zero-order chi connectivity index (χ0) is 31.7. The first kappa shape index (κ1) is 30.1. The van der Waals surface area contributed by atoms with E-state index in [1.165, 1.54) is 23.0 Å². The molecule has 3 heterocycles. The van der Waals surface area contributed by atoms with Crippen LogP contribution in [-0.4, -0.2) is 30.2 Å². The number of carbonyl (C=O) groups excluding carboxylic acids is 2. The number of ether oxygens (including phenoxy) is 2. The maximum absolute atomic E-state index is 14.1. The molecule has 0 N–H and O–H groups in total. The molecule has 0 amide bonds. The van der Waals surface area contributed by atoms with E-state index < -0.39 is 18.0 Å². The summed E-state index contributed by atoms with van der Waals surface area (Å²) in [6, 6.07) is 24.4. The minimum atomic E-state index is -0.807. The van der Waals surface area contributed by atoms with Crippen LogP contribution in [0.25, 0.3) is 23.1 Å². The van der Waals surface area contributed by atoms with Crippen LogP contribution in [0, 0.1) is 6.92 Å².